The first-order valence-electron chi connectivity index (χ1n) is 6.33. The smallest absolute Gasteiger partial charge is 0.275 e. The highest BCUT2D eigenvalue weighted by Crippen LogP contribution is 2.20. The van der Waals surface area contributed by atoms with E-state index in [1.165, 1.54) is 11.3 Å². The summed E-state index contributed by atoms with van der Waals surface area (Å²) in [7, 11) is 0. The van der Waals surface area contributed by atoms with Crippen molar-refractivity contribution in [2.24, 2.45) is 0 Å². The molecule has 0 saturated heterocycles. The Labute approximate surface area is 120 Å². The lowest BCUT2D eigenvalue weighted by molar-refractivity contribution is 0.0949. The Morgan fingerprint density at radius 3 is 2.80 bits per heavy atom. The fourth-order valence-corrected chi connectivity index (χ4v) is 2.29. The van der Waals surface area contributed by atoms with E-state index in [-0.39, 0.29) is 11.8 Å². The lowest BCUT2D eigenvalue weighted by Gasteiger charge is -2.07. The number of nitrogens with one attached hydrogen (secondary N) is 2. The molecule has 2 amide bonds. The molecule has 0 radical (unpaired) electrons. The third kappa shape index (κ3) is 3.03. The number of carbonyl (C=O) groups is 2. The predicted octanol–water partition coefficient (Wildman–Crippen LogP) is 2.29. The van der Waals surface area contributed by atoms with Crippen molar-refractivity contribution >= 4 is 28.8 Å². The van der Waals surface area contributed by atoms with Crippen molar-refractivity contribution < 1.29 is 9.59 Å². The summed E-state index contributed by atoms with van der Waals surface area (Å²) in [5.41, 5.74) is 3.12. The van der Waals surface area contributed by atoms with E-state index in [9.17, 15) is 9.59 Å². The highest BCUT2D eigenvalue weighted by atomic mass is 32.1. The van der Waals surface area contributed by atoms with Crippen molar-refractivity contribution in [2.45, 2.75) is 18.9 Å². The van der Waals surface area contributed by atoms with E-state index in [4.69, 9.17) is 0 Å². The second-order valence-electron chi connectivity index (χ2n) is 4.66. The topological polar surface area (TPSA) is 71.1 Å². The van der Waals surface area contributed by atoms with Gasteiger partial charge in [0.1, 0.15) is 5.69 Å². The monoisotopic (exact) mass is 287 g/mol. The van der Waals surface area contributed by atoms with E-state index < -0.39 is 0 Å². The van der Waals surface area contributed by atoms with Gasteiger partial charge in [0.25, 0.3) is 11.8 Å². The summed E-state index contributed by atoms with van der Waals surface area (Å²) in [4.78, 5) is 27.7. The SMILES string of the molecule is O=C(NC1CC1)c1cccc(NC(=O)c2cscn2)c1. The van der Waals surface area contributed by atoms with Crippen LogP contribution in [0, 0.1) is 0 Å². The van der Waals surface area contributed by atoms with Crippen molar-refractivity contribution in [2.75, 3.05) is 5.32 Å². The Balaban J connectivity index is 1.70. The number of hydrogen-bond acceptors (Lipinski definition) is 4. The van der Waals surface area contributed by atoms with Crippen LogP contribution in [0.1, 0.15) is 33.7 Å². The van der Waals surface area contributed by atoms with Gasteiger partial charge in [-0.3, -0.25) is 9.59 Å². The van der Waals surface area contributed by atoms with Crippen LogP contribution >= 0.6 is 11.3 Å². The summed E-state index contributed by atoms with van der Waals surface area (Å²) >= 11 is 1.36. The number of aromatic nitrogens is 1. The summed E-state index contributed by atoms with van der Waals surface area (Å²) in [5.74, 6) is -0.372. The molecule has 1 aliphatic rings. The maximum atomic E-state index is 11.9. The normalized spacial score (nSPS) is 13.8. The van der Waals surface area contributed by atoms with E-state index in [0.717, 1.165) is 12.8 Å². The van der Waals surface area contributed by atoms with Gasteiger partial charge in [0, 0.05) is 22.7 Å². The zero-order chi connectivity index (χ0) is 13.9. The van der Waals surface area contributed by atoms with Crippen molar-refractivity contribution in [3.05, 3.63) is 46.4 Å². The molecular weight excluding hydrogens is 274 g/mol. The van der Waals surface area contributed by atoms with Crippen molar-refractivity contribution in [1.82, 2.24) is 10.3 Å². The average molecular weight is 287 g/mol. The molecule has 0 unspecified atom stereocenters. The van der Waals surface area contributed by atoms with Gasteiger partial charge < -0.3 is 10.6 Å². The number of thiazole rings is 1. The van der Waals surface area contributed by atoms with E-state index in [2.05, 4.69) is 15.6 Å². The van der Waals surface area contributed by atoms with Gasteiger partial charge in [0.2, 0.25) is 0 Å². The second kappa shape index (κ2) is 5.42. The molecule has 102 valence electrons. The van der Waals surface area contributed by atoms with Gasteiger partial charge in [0.05, 0.1) is 5.51 Å². The molecule has 1 aromatic carbocycles. The molecule has 20 heavy (non-hydrogen) atoms. The van der Waals surface area contributed by atoms with Crippen LogP contribution < -0.4 is 10.6 Å². The van der Waals surface area contributed by atoms with E-state index in [1.54, 1.807) is 35.2 Å². The molecule has 1 saturated carbocycles. The molecule has 2 N–H and O–H groups in total. The third-order valence-electron chi connectivity index (χ3n) is 2.96. The van der Waals surface area contributed by atoms with Crippen molar-refractivity contribution in [3.8, 4) is 0 Å². The molecule has 1 aromatic heterocycles. The maximum Gasteiger partial charge on any atom is 0.275 e. The van der Waals surface area contributed by atoms with Gasteiger partial charge in [0.15, 0.2) is 0 Å². The third-order valence-corrected chi connectivity index (χ3v) is 3.55. The Morgan fingerprint density at radius 1 is 1.25 bits per heavy atom. The van der Waals surface area contributed by atoms with Crippen LogP contribution in [0.3, 0.4) is 0 Å². The van der Waals surface area contributed by atoms with Crippen LogP contribution in [0.15, 0.2) is 35.2 Å². The number of anilines is 1. The van der Waals surface area contributed by atoms with Crippen LogP contribution in [-0.2, 0) is 0 Å². The molecule has 0 aliphatic heterocycles. The lowest BCUT2D eigenvalue weighted by Crippen LogP contribution is -2.25. The molecular formula is C14H13N3O2S. The van der Waals surface area contributed by atoms with E-state index >= 15 is 0 Å². The molecule has 1 fully saturated rings. The van der Waals surface area contributed by atoms with E-state index in [0.29, 0.717) is 23.0 Å². The first kappa shape index (κ1) is 12.8. The van der Waals surface area contributed by atoms with E-state index in [1.807, 2.05) is 0 Å². The largest absolute Gasteiger partial charge is 0.349 e. The quantitative estimate of drug-likeness (QED) is 0.906. The Kier molecular flexibility index (Phi) is 3.47. The fraction of sp³-hybridized carbons (Fsp3) is 0.214. The van der Waals surface area contributed by atoms with Gasteiger partial charge in [-0.2, -0.15) is 0 Å². The maximum absolute atomic E-state index is 11.9. The summed E-state index contributed by atoms with van der Waals surface area (Å²) in [6.07, 6.45) is 2.10. The highest BCUT2D eigenvalue weighted by Gasteiger charge is 2.23. The molecule has 0 atom stereocenters. The number of benzene rings is 1. The minimum Gasteiger partial charge on any atom is -0.349 e. The van der Waals surface area contributed by atoms with Gasteiger partial charge in [-0.15, -0.1) is 11.3 Å². The first-order valence-corrected chi connectivity index (χ1v) is 7.27. The minimum absolute atomic E-state index is 0.0998. The molecule has 1 aliphatic carbocycles. The summed E-state index contributed by atoms with van der Waals surface area (Å²) < 4.78 is 0. The lowest BCUT2D eigenvalue weighted by atomic mass is 10.2. The molecule has 1 heterocycles. The summed E-state index contributed by atoms with van der Waals surface area (Å²) in [6, 6.07) is 7.21. The molecule has 2 aromatic rings. The van der Waals surface area contributed by atoms with Gasteiger partial charge in [-0.05, 0) is 31.0 Å². The van der Waals surface area contributed by atoms with Crippen LogP contribution in [0.5, 0.6) is 0 Å². The number of carbonyl (C=O) groups excluding carboxylic acids is 2. The summed E-state index contributed by atoms with van der Waals surface area (Å²) in [6.45, 7) is 0. The zero-order valence-corrected chi connectivity index (χ0v) is 11.4. The summed E-state index contributed by atoms with van der Waals surface area (Å²) in [5, 5.41) is 7.33. The number of rotatable bonds is 4. The van der Waals surface area contributed by atoms with Crippen molar-refractivity contribution in [3.63, 3.8) is 0 Å². The Bertz CT molecular complexity index is 636. The number of nitrogens with zero attached hydrogens (tertiary/aromatic N) is 1. The fourth-order valence-electron chi connectivity index (χ4n) is 1.75. The number of amides is 2. The van der Waals surface area contributed by atoms with Gasteiger partial charge >= 0.3 is 0 Å². The highest BCUT2D eigenvalue weighted by molar-refractivity contribution is 7.07. The molecule has 6 heteroatoms. The Morgan fingerprint density at radius 2 is 2.10 bits per heavy atom. The standard InChI is InChI=1S/C14H13N3O2S/c18-13(16-10-4-5-10)9-2-1-3-11(6-9)17-14(19)12-7-20-8-15-12/h1-3,6-8,10H,4-5H2,(H,16,18)(H,17,19). The first-order chi connectivity index (χ1) is 9.72. The molecule has 0 bridgehead atoms. The van der Waals surface area contributed by atoms with Crippen molar-refractivity contribution in [1.29, 1.82) is 0 Å². The predicted molar refractivity (Wildman–Crippen MR) is 77.0 cm³/mol. The second-order valence-corrected chi connectivity index (χ2v) is 5.38. The number of hydrogen-bond donors (Lipinski definition) is 2. The zero-order valence-electron chi connectivity index (χ0n) is 10.6. The molecule has 0 spiro atoms. The van der Waals surface area contributed by atoms with Crippen LogP contribution in [0.4, 0.5) is 5.69 Å². The van der Waals surface area contributed by atoms with Crippen LogP contribution in [0.25, 0.3) is 0 Å². The van der Waals surface area contributed by atoms with Gasteiger partial charge in [-0.25, -0.2) is 4.98 Å². The molecule has 5 nitrogen and oxygen atoms in total. The molecule has 3 rings (SSSR count). The van der Waals surface area contributed by atoms with Crippen LogP contribution in [-0.4, -0.2) is 22.8 Å². The van der Waals surface area contributed by atoms with Gasteiger partial charge in [-0.1, -0.05) is 6.07 Å². The average Bonchev–Trinajstić information content (AvgIpc) is 3.08. The van der Waals surface area contributed by atoms with Crippen LogP contribution in [0.2, 0.25) is 0 Å². The Hall–Kier alpha value is -2.21. The minimum atomic E-state index is -0.272.